The number of ether oxygens (including phenoxy) is 3. The summed E-state index contributed by atoms with van der Waals surface area (Å²) in [6, 6.07) is 14.3. The zero-order valence-electron chi connectivity index (χ0n) is 15.8. The number of aliphatic hydroxyl groups is 4. The van der Waals surface area contributed by atoms with Gasteiger partial charge in [-0.15, -0.1) is 0 Å². The van der Waals surface area contributed by atoms with Gasteiger partial charge in [-0.25, -0.2) is 0 Å². The molecule has 1 heterocycles. The number of hydrogen-bond acceptors (Lipinski definition) is 8. The minimum Gasteiger partial charge on any atom is -0.469 e. The molecule has 5 unspecified atom stereocenters. The maximum Gasteiger partial charge on any atom is 0.309 e. The first-order valence-electron chi connectivity index (χ1n) is 9.17. The maximum absolute atomic E-state index is 11.6. The third-order valence-corrected chi connectivity index (χ3v) is 4.79. The predicted octanol–water partition coefficient (Wildman–Crippen LogP) is 0.248. The Labute approximate surface area is 167 Å². The van der Waals surface area contributed by atoms with Gasteiger partial charge in [-0.3, -0.25) is 4.79 Å². The molecule has 1 aliphatic rings. The van der Waals surface area contributed by atoms with Crippen molar-refractivity contribution in [1.29, 1.82) is 0 Å². The molecule has 0 aromatic heterocycles. The number of methoxy groups -OCH3 is 1. The van der Waals surface area contributed by atoms with Crippen molar-refractivity contribution in [2.24, 2.45) is 0 Å². The van der Waals surface area contributed by atoms with Crippen LogP contribution in [0.3, 0.4) is 0 Å². The molecule has 29 heavy (non-hydrogen) atoms. The Kier molecular flexibility index (Phi) is 6.83. The van der Waals surface area contributed by atoms with Crippen molar-refractivity contribution in [2.45, 2.75) is 37.1 Å². The first-order chi connectivity index (χ1) is 13.9. The zero-order chi connectivity index (χ0) is 21.0. The number of para-hydroxylation sites is 1. The van der Waals surface area contributed by atoms with Crippen molar-refractivity contribution in [3.8, 4) is 16.9 Å². The van der Waals surface area contributed by atoms with Crippen LogP contribution in [0.4, 0.5) is 0 Å². The van der Waals surface area contributed by atoms with E-state index in [1.165, 1.54) is 7.11 Å². The first-order valence-corrected chi connectivity index (χ1v) is 9.17. The molecule has 2 aromatic rings. The second-order valence-corrected chi connectivity index (χ2v) is 6.76. The summed E-state index contributed by atoms with van der Waals surface area (Å²) in [5.41, 5.74) is 2.21. The van der Waals surface area contributed by atoms with Gasteiger partial charge in [0.25, 0.3) is 0 Å². The maximum atomic E-state index is 11.6. The number of carbonyl (C=O) groups is 1. The molecule has 5 atom stereocenters. The highest BCUT2D eigenvalue weighted by Crippen LogP contribution is 2.33. The van der Waals surface area contributed by atoms with E-state index in [0.29, 0.717) is 11.3 Å². The number of benzene rings is 2. The molecule has 0 radical (unpaired) electrons. The van der Waals surface area contributed by atoms with Crippen LogP contribution in [-0.2, 0) is 20.7 Å². The molecular formula is C21H24O8. The van der Waals surface area contributed by atoms with Crippen molar-refractivity contribution in [3.05, 3.63) is 54.1 Å². The molecule has 0 amide bonds. The largest absolute Gasteiger partial charge is 0.469 e. The molecule has 0 saturated carbocycles. The molecule has 4 N–H and O–H groups in total. The summed E-state index contributed by atoms with van der Waals surface area (Å²) in [5.74, 6) is 0.0139. The molecule has 2 aromatic carbocycles. The number of esters is 1. The van der Waals surface area contributed by atoms with Gasteiger partial charge in [0.1, 0.15) is 30.2 Å². The zero-order valence-corrected chi connectivity index (χ0v) is 15.8. The Bertz CT molecular complexity index is 837. The van der Waals surface area contributed by atoms with Crippen molar-refractivity contribution in [2.75, 3.05) is 13.7 Å². The van der Waals surface area contributed by atoms with Crippen LogP contribution in [0.25, 0.3) is 11.1 Å². The standard InChI is InChI=1S/C21H24O8/c1-27-17(23)10-12-5-4-6-13(9-12)14-7-2-3-8-15(14)28-21-20(26)19(25)18(24)16(11-22)29-21/h2-9,16,18-22,24-26H,10-11H2,1H3. The van der Waals surface area contributed by atoms with Crippen molar-refractivity contribution < 1.29 is 39.4 Å². The normalized spacial score (nSPS) is 26.7. The van der Waals surface area contributed by atoms with Gasteiger partial charge < -0.3 is 34.6 Å². The monoisotopic (exact) mass is 404 g/mol. The third kappa shape index (κ3) is 4.75. The van der Waals surface area contributed by atoms with Gasteiger partial charge in [0.2, 0.25) is 6.29 Å². The molecular weight excluding hydrogens is 380 g/mol. The summed E-state index contributed by atoms with van der Waals surface area (Å²) in [4.78, 5) is 11.6. The lowest BCUT2D eigenvalue weighted by Crippen LogP contribution is -2.60. The van der Waals surface area contributed by atoms with E-state index >= 15 is 0 Å². The van der Waals surface area contributed by atoms with Crippen LogP contribution in [0, 0.1) is 0 Å². The second kappa shape index (κ2) is 9.34. The van der Waals surface area contributed by atoms with Crippen LogP contribution in [0.5, 0.6) is 5.75 Å². The predicted molar refractivity (Wildman–Crippen MR) is 102 cm³/mol. The fourth-order valence-corrected chi connectivity index (χ4v) is 3.19. The van der Waals surface area contributed by atoms with Crippen molar-refractivity contribution in [3.63, 3.8) is 0 Å². The lowest BCUT2D eigenvalue weighted by molar-refractivity contribution is -0.277. The van der Waals surface area contributed by atoms with Crippen molar-refractivity contribution >= 4 is 5.97 Å². The molecule has 1 fully saturated rings. The van der Waals surface area contributed by atoms with E-state index in [-0.39, 0.29) is 12.4 Å². The van der Waals surface area contributed by atoms with Crippen molar-refractivity contribution in [1.82, 2.24) is 0 Å². The number of hydrogen-bond donors (Lipinski definition) is 4. The Morgan fingerprint density at radius 1 is 1.03 bits per heavy atom. The van der Waals surface area contributed by atoms with Gasteiger partial charge in [0.15, 0.2) is 0 Å². The van der Waals surface area contributed by atoms with Gasteiger partial charge in [0.05, 0.1) is 20.1 Å². The van der Waals surface area contributed by atoms with Crippen LogP contribution in [0.1, 0.15) is 5.56 Å². The molecule has 0 aliphatic carbocycles. The minimum atomic E-state index is -1.53. The van der Waals surface area contributed by atoms with E-state index < -0.39 is 37.3 Å². The van der Waals surface area contributed by atoms with Crippen LogP contribution in [0.15, 0.2) is 48.5 Å². The number of carbonyl (C=O) groups excluding carboxylic acids is 1. The molecule has 156 valence electrons. The Morgan fingerprint density at radius 3 is 2.52 bits per heavy atom. The fourth-order valence-electron chi connectivity index (χ4n) is 3.19. The molecule has 3 rings (SSSR count). The smallest absolute Gasteiger partial charge is 0.309 e. The lowest BCUT2D eigenvalue weighted by Gasteiger charge is -2.39. The van der Waals surface area contributed by atoms with E-state index in [0.717, 1.165) is 11.1 Å². The summed E-state index contributed by atoms with van der Waals surface area (Å²) in [7, 11) is 1.33. The molecule has 0 spiro atoms. The Hall–Kier alpha value is -2.49. The molecule has 1 aliphatic heterocycles. The van der Waals surface area contributed by atoms with E-state index in [4.69, 9.17) is 14.2 Å². The van der Waals surface area contributed by atoms with E-state index in [1.807, 2.05) is 24.3 Å². The fraction of sp³-hybridized carbons (Fsp3) is 0.381. The quantitative estimate of drug-likeness (QED) is 0.505. The topological polar surface area (TPSA) is 126 Å². The van der Waals surface area contributed by atoms with Gasteiger partial charge in [0, 0.05) is 5.56 Å². The van der Waals surface area contributed by atoms with Gasteiger partial charge in [-0.1, -0.05) is 42.5 Å². The van der Waals surface area contributed by atoms with Crippen LogP contribution < -0.4 is 4.74 Å². The summed E-state index contributed by atoms with van der Waals surface area (Å²) in [6.07, 6.45) is -6.72. The highest BCUT2D eigenvalue weighted by molar-refractivity contribution is 5.75. The summed E-state index contributed by atoms with van der Waals surface area (Å²) < 4.78 is 15.9. The molecule has 1 saturated heterocycles. The molecule has 8 heteroatoms. The van der Waals surface area contributed by atoms with Gasteiger partial charge in [-0.05, 0) is 17.2 Å². The van der Waals surface area contributed by atoms with Gasteiger partial charge >= 0.3 is 5.97 Å². The highest BCUT2D eigenvalue weighted by atomic mass is 16.7. The third-order valence-electron chi connectivity index (χ3n) is 4.79. The molecule has 0 bridgehead atoms. The van der Waals surface area contributed by atoms with E-state index in [9.17, 15) is 25.2 Å². The minimum absolute atomic E-state index is 0.125. The molecule has 8 nitrogen and oxygen atoms in total. The number of rotatable bonds is 6. The number of aliphatic hydroxyl groups excluding tert-OH is 4. The van der Waals surface area contributed by atoms with Gasteiger partial charge in [-0.2, -0.15) is 0 Å². The summed E-state index contributed by atoms with van der Waals surface area (Å²) in [5, 5.41) is 39.4. The lowest BCUT2D eigenvalue weighted by atomic mass is 9.99. The van der Waals surface area contributed by atoms with Crippen LogP contribution >= 0.6 is 0 Å². The summed E-state index contributed by atoms with van der Waals surface area (Å²) >= 11 is 0. The first kappa shape index (κ1) is 21.2. The highest BCUT2D eigenvalue weighted by Gasteiger charge is 2.44. The Morgan fingerprint density at radius 2 is 1.79 bits per heavy atom. The second-order valence-electron chi connectivity index (χ2n) is 6.76. The van der Waals surface area contributed by atoms with Crippen LogP contribution in [-0.4, -0.2) is 70.8 Å². The Balaban J connectivity index is 1.86. The average molecular weight is 404 g/mol. The average Bonchev–Trinajstić information content (AvgIpc) is 2.74. The summed E-state index contributed by atoms with van der Waals surface area (Å²) in [6.45, 7) is -0.540. The van der Waals surface area contributed by atoms with Crippen LogP contribution in [0.2, 0.25) is 0 Å². The van der Waals surface area contributed by atoms with E-state index in [2.05, 4.69) is 0 Å². The SMILES string of the molecule is COC(=O)Cc1cccc(-c2ccccc2OC2OC(CO)C(O)C(O)C2O)c1. The van der Waals surface area contributed by atoms with E-state index in [1.54, 1.807) is 24.3 Å².